The number of carboxylic acid groups (broad SMARTS) is 1. The lowest BCUT2D eigenvalue weighted by molar-refractivity contribution is -0.141. The van der Waals surface area contributed by atoms with Crippen molar-refractivity contribution in [3.05, 3.63) is 34.9 Å². The van der Waals surface area contributed by atoms with Gasteiger partial charge in [-0.25, -0.2) is 0 Å². The van der Waals surface area contributed by atoms with Crippen LogP contribution in [0.4, 0.5) is 0 Å². The third-order valence-electron chi connectivity index (χ3n) is 3.16. The number of carboxylic acids is 1. The molecule has 0 spiro atoms. The van der Waals surface area contributed by atoms with Gasteiger partial charge in [0.2, 0.25) is 0 Å². The zero-order chi connectivity index (χ0) is 11.7. The minimum atomic E-state index is -0.721. The van der Waals surface area contributed by atoms with Gasteiger partial charge < -0.3 is 5.11 Å². The van der Waals surface area contributed by atoms with Crippen molar-refractivity contribution in [1.82, 2.24) is 4.90 Å². The summed E-state index contributed by atoms with van der Waals surface area (Å²) < 4.78 is 0. The molecule has 16 heavy (non-hydrogen) atoms. The minimum Gasteiger partial charge on any atom is -0.481 e. The number of rotatable bonds is 2. The van der Waals surface area contributed by atoms with E-state index in [2.05, 4.69) is 4.90 Å². The molecule has 86 valence electrons. The molecule has 0 amide bonds. The smallest absolute Gasteiger partial charge is 0.307 e. The van der Waals surface area contributed by atoms with Gasteiger partial charge in [-0.1, -0.05) is 29.8 Å². The van der Waals surface area contributed by atoms with Gasteiger partial charge in [-0.05, 0) is 25.1 Å². The molecule has 1 N–H and O–H groups in total. The van der Waals surface area contributed by atoms with E-state index in [-0.39, 0.29) is 12.0 Å². The fourth-order valence-corrected chi connectivity index (χ4v) is 2.55. The van der Waals surface area contributed by atoms with Crippen molar-refractivity contribution in [2.24, 2.45) is 5.92 Å². The van der Waals surface area contributed by atoms with E-state index in [1.165, 1.54) is 0 Å². The molecule has 0 aliphatic carbocycles. The van der Waals surface area contributed by atoms with Crippen LogP contribution in [0.5, 0.6) is 0 Å². The summed E-state index contributed by atoms with van der Waals surface area (Å²) in [4.78, 5) is 13.0. The van der Waals surface area contributed by atoms with E-state index in [0.29, 0.717) is 18.0 Å². The van der Waals surface area contributed by atoms with Crippen LogP contribution in [0.15, 0.2) is 24.3 Å². The van der Waals surface area contributed by atoms with E-state index in [4.69, 9.17) is 16.7 Å². The second-order valence-corrected chi connectivity index (χ2v) is 4.65. The molecular weight excluding hydrogens is 226 g/mol. The zero-order valence-corrected chi connectivity index (χ0v) is 9.81. The third-order valence-corrected chi connectivity index (χ3v) is 3.51. The lowest BCUT2D eigenvalue weighted by atomic mass is 10.00. The number of hydrogen-bond acceptors (Lipinski definition) is 2. The van der Waals surface area contributed by atoms with Crippen LogP contribution < -0.4 is 0 Å². The molecule has 3 nitrogen and oxygen atoms in total. The number of halogens is 1. The lowest BCUT2D eigenvalue weighted by Crippen LogP contribution is -2.20. The van der Waals surface area contributed by atoms with Crippen molar-refractivity contribution in [2.45, 2.75) is 12.5 Å². The van der Waals surface area contributed by atoms with Crippen LogP contribution in [0.2, 0.25) is 5.02 Å². The molecule has 1 aliphatic rings. The molecule has 1 aromatic carbocycles. The Balaban J connectivity index is 2.23. The second-order valence-electron chi connectivity index (χ2n) is 4.25. The molecule has 0 unspecified atom stereocenters. The first-order valence-corrected chi connectivity index (χ1v) is 5.65. The van der Waals surface area contributed by atoms with Gasteiger partial charge in [-0.2, -0.15) is 0 Å². The van der Waals surface area contributed by atoms with Crippen LogP contribution in [-0.2, 0) is 4.79 Å². The summed E-state index contributed by atoms with van der Waals surface area (Å²) in [5, 5.41) is 9.72. The number of aliphatic carboxylic acids is 1. The molecule has 2 atom stereocenters. The molecular formula is C12H14ClNO2. The fourth-order valence-electron chi connectivity index (χ4n) is 2.29. The van der Waals surface area contributed by atoms with E-state index in [0.717, 1.165) is 5.56 Å². The first-order chi connectivity index (χ1) is 7.59. The van der Waals surface area contributed by atoms with Crippen molar-refractivity contribution in [2.75, 3.05) is 13.6 Å². The average Bonchev–Trinajstić information content (AvgIpc) is 2.61. The molecule has 1 fully saturated rings. The molecule has 2 rings (SSSR count). The van der Waals surface area contributed by atoms with Gasteiger partial charge >= 0.3 is 5.97 Å². The van der Waals surface area contributed by atoms with Gasteiger partial charge in [-0.15, -0.1) is 0 Å². The monoisotopic (exact) mass is 239 g/mol. The fraction of sp³-hybridized carbons (Fsp3) is 0.417. The largest absolute Gasteiger partial charge is 0.481 e. The summed E-state index contributed by atoms with van der Waals surface area (Å²) in [6, 6.07) is 7.75. The van der Waals surface area contributed by atoms with Crippen molar-refractivity contribution in [3.8, 4) is 0 Å². The summed E-state index contributed by atoms with van der Waals surface area (Å²) >= 11 is 6.12. The highest BCUT2D eigenvalue weighted by Crippen LogP contribution is 2.37. The zero-order valence-electron chi connectivity index (χ0n) is 9.06. The molecule has 4 heteroatoms. The number of nitrogens with zero attached hydrogens (tertiary/aromatic N) is 1. The van der Waals surface area contributed by atoms with Gasteiger partial charge in [0.1, 0.15) is 0 Å². The molecule has 0 bridgehead atoms. The lowest BCUT2D eigenvalue weighted by Gasteiger charge is -2.20. The Morgan fingerprint density at radius 2 is 2.19 bits per heavy atom. The first-order valence-electron chi connectivity index (χ1n) is 5.27. The molecule has 1 aromatic rings. The quantitative estimate of drug-likeness (QED) is 0.862. The molecule has 0 saturated carbocycles. The Labute approximate surface area is 99.6 Å². The van der Waals surface area contributed by atoms with Crippen LogP contribution in [0.3, 0.4) is 0 Å². The Kier molecular flexibility index (Phi) is 3.17. The standard InChI is InChI=1S/C12H14ClNO2/c1-14-7-8(12(15)16)6-11(14)9-4-2-3-5-10(9)13/h2-5,8,11H,6-7H2,1H3,(H,15,16)/t8-,11-/m1/s1. The molecule has 0 aromatic heterocycles. The molecule has 0 radical (unpaired) electrons. The minimum absolute atomic E-state index is 0.120. The Morgan fingerprint density at radius 3 is 2.75 bits per heavy atom. The summed E-state index contributed by atoms with van der Waals surface area (Å²) in [5.41, 5.74) is 1.02. The van der Waals surface area contributed by atoms with Crippen molar-refractivity contribution in [3.63, 3.8) is 0 Å². The number of benzene rings is 1. The van der Waals surface area contributed by atoms with Crippen LogP contribution in [0.25, 0.3) is 0 Å². The van der Waals surface area contributed by atoms with Gasteiger partial charge in [0.25, 0.3) is 0 Å². The molecule has 1 heterocycles. The highest BCUT2D eigenvalue weighted by atomic mass is 35.5. The predicted molar refractivity (Wildman–Crippen MR) is 62.6 cm³/mol. The predicted octanol–water partition coefficient (Wildman–Crippen LogP) is 2.42. The molecule has 1 saturated heterocycles. The number of carbonyl (C=O) groups is 1. The summed E-state index contributed by atoms with van der Waals surface area (Å²) in [6.07, 6.45) is 0.634. The van der Waals surface area contributed by atoms with E-state index >= 15 is 0 Å². The summed E-state index contributed by atoms with van der Waals surface area (Å²) in [7, 11) is 1.94. The summed E-state index contributed by atoms with van der Waals surface area (Å²) in [5.74, 6) is -1.01. The SMILES string of the molecule is CN1C[C@H](C(=O)O)C[C@@H]1c1ccccc1Cl. The van der Waals surface area contributed by atoms with Crippen molar-refractivity contribution < 1.29 is 9.90 Å². The highest BCUT2D eigenvalue weighted by Gasteiger charge is 2.35. The number of likely N-dealkylation sites (tertiary alicyclic amines) is 1. The normalized spacial score (nSPS) is 25.9. The van der Waals surface area contributed by atoms with Crippen molar-refractivity contribution >= 4 is 17.6 Å². The van der Waals surface area contributed by atoms with E-state index in [9.17, 15) is 4.79 Å². The maximum atomic E-state index is 10.9. The van der Waals surface area contributed by atoms with Gasteiger partial charge in [0.15, 0.2) is 0 Å². The van der Waals surface area contributed by atoms with Gasteiger partial charge in [-0.3, -0.25) is 9.69 Å². The maximum Gasteiger partial charge on any atom is 0.307 e. The average molecular weight is 240 g/mol. The molecule has 1 aliphatic heterocycles. The van der Waals surface area contributed by atoms with E-state index < -0.39 is 5.97 Å². The van der Waals surface area contributed by atoms with Crippen LogP contribution in [-0.4, -0.2) is 29.6 Å². The van der Waals surface area contributed by atoms with Crippen LogP contribution in [0, 0.1) is 5.92 Å². The first kappa shape index (κ1) is 11.4. The van der Waals surface area contributed by atoms with Gasteiger partial charge in [0, 0.05) is 17.6 Å². The number of hydrogen-bond donors (Lipinski definition) is 1. The van der Waals surface area contributed by atoms with Crippen LogP contribution >= 0.6 is 11.6 Å². The third kappa shape index (κ3) is 2.06. The Bertz CT molecular complexity index is 408. The topological polar surface area (TPSA) is 40.5 Å². The maximum absolute atomic E-state index is 10.9. The Hall–Kier alpha value is -1.06. The van der Waals surface area contributed by atoms with Crippen molar-refractivity contribution in [1.29, 1.82) is 0 Å². The second kappa shape index (κ2) is 4.44. The van der Waals surface area contributed by atoms with Crippen LogP contribution in [0.1, 0.15) is 18.0 Å². The highest BCUT2D eigenvalue weighted by molar-refractivity contribution is 6.31. The van der Waals surface area contributed by atoms with E-state index in [1.807, 2.05) is 31.3 Å². The van der Waals surface area contributed by atoms with Gasteiger partial charge in [0.05, 0.1) is 5.92 Å². The summed E-state index contributed by atoms with van der Waals surface area (Å²) in [6.45, 7) is 0.589. The van der Waals surface area contributed by atoms with E-state index in [1.54, 1.807) is 0 Å². The Morgan fingerprint density at radius 1 is 1.50 bits per heavy atom.